The summed E-state index contributed by atoms with van der Waals surface area (Å²) in [5.41, 5.74) is 0. The lowest BCUT2D eigenvalue weighted by Gasteiger charge is -2.27. The second-order valence-electron chi connectivity index (χ2n) is 8.22. The largest absolute Gasteiger partial charge is 0.333 e. The minimum absolute atomic E-state index is 0.215. The summed E-state index contributed by atoms with van der Waals surface area (Å²) >= 11 is 1.74. The van der Waals surface area contributed by atoms with Crippen molar-refractivity contribution in [3.63, 3.8) is 0 Å². The summed E-state index contributed by atoms with van der Waals surface area (Å²) in [6, 6.07) is 3.96. The Bertz CT molecular complexity index is 931. The molecule has 0 aromatic carbocycles. The predicted molar refractivity (Wildman–Crippen MR) is 112 cm³/mol. The first-order valence-electron chi connectivity index (χ1n) is 10.2. The number of rotatable bonds is 7. The van der Waals surface area contributed by atoms with Gasteiger partial charge in [0.25, 0.3) is 0 Å². The second-order valence-corrected chi connectivity index (χ2v) is 11.0. The average Bonchev–Trinajstić information content (AvgIpc) is 3.40. The van der Waals surface area contributed by atoms with Crippen LogP contribution < -0.4 is 9.62 Å². The third-order valence-electron chi connectivity index (χ3n) is 5.84. The number of hydrogen-bond acceptors (Lipinski definition) is 6. The van der Waals surface area contributed by atoms with E-state index in [2.05, 4.69) is 37.3 Å². The quantitative estimate of drug-likeness (QED) is 0.712. The van der Waals surface area contributed by atoms with Crippen molar-refractivity contribution in [2.24, 2.45) is 5.92 Å². The van der Waals surface area contributed by atoms with Crippen LogP contribution in [0.5, 0.6) is 0 Å². The van der Waals surface area contributed by atoms with Crippen LogP contribution in [-0.2, 0) is 16.6 Å². The smallest absolute Gasteiger partial charge is 0.227 e. The SMILES string of the molecule is CC(NS(C)(=O)=O)c1nnc(N2CCCC2c2cccs2)n1CC1CCC(F)C1. The molecule has 0 amide bonds. The zero-order chi connectivity index (χ0) is 20.6. The number of halogens is 1. The maximum Gasteiger partial charge on any atom is 0.227 e. The molecule has 2 aromatic rings. The Kier molecular flexibility index (Phi) is 5.94. The number of alkyl halides is 1. The first-order valence-corrected chi connectivity index (χ1v) is 12.9. The van der Waals surface area contributed by atoms with Crippen molar-refractivity contribution in [2.45, 2.75) is 63.8 Å². The molecule has 4 atom stereocenters. The summed E-state index contributed by atoms with van der Waals surface area (Å²) < 4.78 is 41.9. The highest BCUT2D eigenvalue weighted by atomic mass is 32.2. The summed E-state index contributed by atoms with van der Waals surface area (Å²) in [7, 11) is -3.38. The highest BCUT2D eigenvalue weighted by molar-refractivity contribution is 7.88. The molecule has 2 aromatic heterocycles. The van der Waals surface area contributed by atoms with E-state index in [0.717, 1.165) is 38.0 Å². The molecular weight excluding hydrogens is 413 g/mol. The van der Waals surface area contributed by atoms with E-state index < -0.39 is 22.2 Å². The molecule has 1 aliphatic heterocycles. The Balaban J connectivity index is 1.67. The third kappa shape index (κ3) is 4.64. The van der Waals surface area contributed by atoms with Gasteiger partial charge in [-0.05, 0) is 56.4 Å². The van der Waals surface area contributed by atoms with Gasteiger partial charge in [0.05, 0.1) is 18.3 Å². The summed E-state index contributed by atoms with van der Waals surface area (Å²) in [6.45, 7) is 3.27. The molecule has 2 fully saturated rings. The number of anilines is 1. The van der Waals surface area contributed by atoms with Crippen molar-refractivity contribution < 1.29 is 12.8 Å². The van der Waals surface area contributed by atoms with Crippen LogP contribution in [0.2, 0.25) is 0 Å². The monoisotopic (exact) mass is 441 g/mol. The van der Waals surface area contributed by atoms with Gasteiger partial charge in [-0.15, -0.1) is 21.5 Å². The van der Waals surface area contributed by atoms with Crippen molar-refractivity contribution in [3.05, 3.63) is 28.2 Å². The van der Waals surface area contributed by atoms with Gasteiger partial charge in [0.2, 0.25) is 16.0 Å². The van der Waals surface area contributed by atoms with Gasteiger partial charge in [-0.2, -0.15) is 0 Å². The number of aromatic nitrogens is 3. The van der Waals surface area contributed by atoms with Gasteiger partial charge >= 0.3 is 0 Å². The Hall–Kier alpha value is -1.52. The Morgan fingerprint density at radius 1 is 1.34 bits per heavy atom. The normalized spacial score (nSPS) is 26.3. The molecule has 4 unspecified atom stereocenters. The molecule has 0 radical (unpaired) electrons. The minimum Gasteiger partial charge on any atom is -0.333 e. The number of nitrogens with zero attached hydrogens (tertiary/aromatic N) is 4. The molecule has 10 heteroatoms. The maximum atomic E-state index is 13.8. The number of nitrogens with one attached hydrogen (secondary N) is 1. The zero-order valence-corrected chi connectivity index (χ0v) is 18.4. The predicted octanol–water partition coefficient (Wildman–Crippen LogP) is 3.43. The fraction of sp³-hybridized carbons (Fsp3) is 0.684. The van der Waals surface area contributed by atoms with Crippen LogP contribution >= 0.6 is 11.3 Å². The molecule has 0 bridgehead atoms. The topological polar surface area (TPSA) is 80.1 Å². The van der Waals surface area contributed by atoms with Gasteiger partial charge in [0, 0.05) is 18.0 Å². The summed E-state index contributed by atoms with van der Waals surface area (Å²) in [5.74, 6) is 1.57. The number of hydrogen-bond donors (Lipinski definition) is 1. The van der Waals surface area contributed by atoms with Gasteiger partial charge in [-0.3, -0.25) is 4.57 Å². The highest BCUT2D eigenvalue weighted by Gasteiger charge is 2.34. The van der Waals surface area contributed by atoms with Gasteiger partial charge < -0.3 is 4.90 Å². The minimum atomic E-state index is -3.38. The molecule has 1 N–H and O–H groups in total. The highest BCUT2D eigenvalue weighted by Crippen LogP contribution is 2.39. The summed E-state index contributed by atoms with van der Waals surface area (Å²) in [4.78, 5) is 3.57. The Morgan fingerprint density at radius 3 is 2.83 bits per heavy atom. The van der Waals surface area contributed by atoms with Crippen molar-refractivity contribution in [2.75, 3.05) is 17.7 Å². The van der Waals surface area contributed by atoms with E-state index in [1.54, 1.807) is 18.3 Å². The summed E-state index contributed by atoms with van der Waals surface area (Å²) in [5, 5.41) is 10.9. The molecular formula is C19H28FN5O2S2. The maximum absolute atomic E-state index is 13.8. The Labute approximate surface area is 175 Å². The average molecular weight is 442 g/mol. The fourth-order valence-corrected chi connectivity index (χ4v) is 6.23. The van der Waals surface area contributed by atoms with E-state index in [0.29, 0.717) is 25.2 Å². The number of sulfonamides is 1. The molecule has 160 valence electrons. The van der Waals surface area contributed by atoms with E-state index >= 15 is 0 Å². The van der Waals surface area contributed by atoms with E-state index in [9.17, 15) is 12.8 Å². The second kappa shape index (κ2) is 8.31. The fourth-order valence-electron chi connectivity index (χ4n) is 4.61. The van der Waals surface area contributed by atoms with Gasteiger partial charge in [0.15, 0.2) is 5.82 Å². The van der Waals surface area contributed by atoms with E-state index in [1.165, 1.54) is 4.88 Å². The number of thiophene rings is 1. The molecule has 4 rings (SSSR count). The van der Waals surface area contributed by atoms with Gasteiger partial charge in [-0.25, -0.2) is 17.5 Å². The van der Waals surface area contributed by atoms with Crippen LogP contribution in [0.3, 0.4) is 0 Å². The van der Waals surface area contributed by atoms with Gasteiger partial charge in [0.1, 0.15) is 6.17 Å². The first kappa shape index (κ1) is 20.7. The van der Waals surface area contributed by atoms with Gasteiger partial charge in [-0.1, -0.05) is 6.07 Å². The van der Waals surface area contributed by atoms with E-state index in [-0.39, 0.29) is 12.0 Å². The third-order valence-corrected chi connectivity index (χ3v) is 7.59. The molecule has 29 heavy (non-hydrogen) atoms. The Morgan fingerprint density at radius 2 is 2.17 bits per heavy atom. The van der Waals surface area contributed by atoms with Crippen molar-refractivity contribution in [1.82, 2.24) is 19.5 Å². The molecule has 1 saturated heterocycles. The van der Waals surface area contributed by atoms with Crippen LogP contribution in [0.25, 0.3) is 0 Å². The van der Waals surface area contributed by atoms with Crippen LogP contribution in [-0.4, -0.2) is 42.2 Å². The molecule has 1 aliphatic carbocycles. The van der Waals surface area contributed by atoms with Crippen LogP contribution in [0.4, 0.5) is 10.3 Å². The standard InChI is InChI=1S/C19H28FN5O2S2/c1-13(23-29(2,26)27)18-21-22-19(25(18)12-14-7-8-15(20)11-14)24-9-3-5-16(24)17-6-4-10-28-17/h4,6,10,13-16,23H,3,5,7-9,11-12H2,1-2H3. The van der Waals surface area contributed by atoms with Crippen LogP contribution in [0.15, 0.2) is 17.5 Å². The van der Waals surface area contributed by atoms with Crippen molar-refractivity contribution in [1.29, 1.82) is 0 Å². The summed E-state index contributed by atoms with van der Waals surface area (Å²) in [6.07, 6.45) is 4.48. The van der Waals surface area contributed by atoms with E-state index in [4.69, 9.17) is 0 Å². The lowest BCUT2D eigenvalue weighted by atomic mass is 10.1. The van der Waals surface area contributed by atoms with E-state index in [1.807, 2.05) is 4.57 Å². The van der Waals surface area contributed by atoms with Crippen molar-refractivity contribution in [3.8, 4) is 0 Å². The molecule has 7 nitrogen and oxygen atoms in total. The lowest BCUT2D eigenvalue weighted by molar-refractivity contribution is 0.322. The zero-order valence-electron chi connectivity index (χ0n) is 16.8. The molecule has 0 spiro atoms. The van der Waals surface area contributed by atoms with Crippen LogP contribution in [0.1, 0.15) is 61.8 Å². The molecule has 2 aliphatic rings. The van der Waals surface area contributed by atoms with Crippen molar-refractivity contribution >= 4 is 27.3 Å². The molecule has 3 heterocycles. The molecule has 1 saturated carbocycles. The first-order chi connectivity index (χ1) is 13.8. The lowest BCUT2D eigenvalue weighted by Crippen LogP contribution is -2.30. The van der Waals surface area contributed by atoms with Crippen LogP contribution in [0, 0.1) is 5.92 Å².